The Hall–Kier alpha value is -1.89. The number of carbonyl (C=O) groups excluding carboxylic acids is 2. The molecule has 0 bridgehead atoms. The minimum atomic E-state index is -0.301. The van der Waals surface area contributed by atoms with E-state index in [1.165, 1.54) is 0 Å². The van der Waals surface area contributed by atoms with Gasteiger partial charge in [-0.15, -0.1) is 0 Å². The van der Waals surface area contributed by atoms with Gasteiger partial charge in [0.15, 0.2) is 0 Å². The zero-order chi connectivity index (χ0) is 20.9. The fourth-order valence-corrected chi connectivity index (χ4v) is 4.07. The number of hydrogen-bond donors (Lipinski definition) is 1. The van der Waals surface area contributed by atoms with E-state index in [-0.39, 0.29) is 35.2 Å². The summed E-state index contributed by atoms with van der Waals surface area (Å²) in [7, 11) is 1.67. The fraction of sp³-hybridized carbons (Fsp3) is 0.762. The molecule has 2 amide bonds. The van der Waals surface area contributed by atoms with E-state index in [0.29, 0.717) is 26.1 Å². The molecule has 158 valence electrons. The highest BCUT2D eigenvalue weighted by molar-refractivity contribution is 5.81. The van der Waals surface area contributed by atoms with Gasteiger partial charge in [-0.1, -0.05) is 13.8 Å². The molecule has 0 unspecified atom stereocenters. The van der Waals surface area contributed by atoms with Gasteiger partial charge in [-0.25, -0.2) is 0 Å². The van der Waals surface area contributed by atoms with E-state index in [1.807, 2.05) is 35.8 Å². The van der Waals surface area contributed by atoms with Crippen LogP contribution in [0.2, 0.25) is 0 Å². The first-order valence-electron chi connectivity index (χ1n) is 10.3. The second-order valence-electron chi connectivity index (χ2n) is 8.63. The molecule has 7 heteroatoms. The van der Waals surface area contributed by atoms with Crippen LogP contribution in [0.25, 0.3) is 0 Å². The number of methoxy groups -OCH3 is 1. The Balaban J connectivity index is 2.22. The number of aromatic nitrogens is 2. The van der Waals surface area contributed by atoms with E-state index in [2.05, 4.69) is 31.2 Å². The van der Waals surface area contributed by atoms with Crippen molar-refractivity contribution in [1.82, 2.24) is 20.0 Å². The summed E-state index contributed by atoms with van der Waals surface area (Å²) in [4.78, 5) is 27.3. The van der Waals surface area contributed by atoms with Gasteiger partial charge in [-0.2, -0.15) is 5.10 Å². The van der Waals surface area contributed by atoms with Crippen LogP contribution in [0.5, 0.6) is 0 Å². The predicted octanol–water partition coefficient (Wildman–Crippen LogP) is 2.77. The Labute approximate surface area is 168 Å². The summed E-state index contributed by atoms with van der Waals surface area (Å²) >= 11 is 0. The number of likely N-dealkylation sites (tertiary alicyclic amines) is 1. The minimum absolute atomic E-state index is 0.0325. The zero-order valence-corrected chi connectivity index (χ0v) is 18.2. The molecule has 1 saturated heterocycles. The van der Waals surface area contributed by atoms with Crippen LogP contribution in [0.1, 0.15) is 65.5 Å². The van der Waals surface area contributed by atoms with Crippen molar-refractivity contribution in [3.63, 3.8) is 0 Å². The van der Waals surface area contributed by atoms with Crippen molar-refractivity contribution in [3.05, 3.63) is 18.0 Å². The van der Waals surface area contributed by atoms with Crippen LogP contribution in [0, 0.1) is 11.8 Å². The summed E-state index contributed by atoms with van der Waals surface area (Å²) in [5, 5.41) is 7.53. The molecule has 1 aromatic rings. The first-order valence-corrected chi connectivity index (χ1v) is 10.3. The largest absolute Gasteiger partial charge is 0.383 e. The van der Waals surface area contributed by atoms with Crippen molar-refractivity contribution in [2.24, 2.45) is 11.8 Å². The number of ether oxygens (including phenoxy) is 1. The average molecular weight is 393 g/mol. The van der Waals surface area contributed by atoms with E-state index in [4.69, 9.17) is 4.74 Å². The maximum atomic E-state index is 12.9. The number of nitrogens with one attached hydrogen (secondary N) is 1. The highest BCUT2D eigenvalue weighted by Crippen LogP contribution is 2.42. The van der Waals surface area contributed by atoms with Crippen LogP contribution < -0.4 is 5.32 Å². The highest BCUT2D eigenvalue weighted by Gasteiger charge is 2.46. The molecule has 2 heterocycles. The normalized spacial score (nSPS) is 20.2. The Morgan fingerprint density at radius 2 is 2.04 bits per heavy atom. The van der Waals surface area contributed by atoms with E-state index in [0.717, 1.165) is 18.4 Å². The van der Waals surface area contributed by atoms with Crippen molar-refractivity contribution < 1.29 is 14.3 Å². The fourth-order valence-electron chi connectivity index (χ4n) is 4.07. The third-order valence-corrected chi connectivity index (χ3v) is 5.57. The summed E-state index contributed by atoms with van der Waals surface area (Å²) < 4.78 is 6.98. The van der Waals surface area contributed by atoms with Crippen LogP contribution in [0.15, 0.2) is 12.4 Å². The molecule has 1 aliphatic heterocycles. The van der Waals surface area contributed by atoms with Crippen molar-refractivity contribution in [2.75, 3.05) is 20.3 Å². The molecule has 1 aromatic heterocycles. The first kappa shape index (κ1) is 22.4. The molecular formula is C21H36N4O3. The van der Waals surface area contributed by atoms with Crippen LogP contribution in [-0.2, 0) is 20.9 Å². The molecule has 1 aliphatic rings. The second kappa shape index (κ2) is 9.54. The third kappa shape index (κ3) is 5.13. The van der Waals surface area contributed by atoms with Crippen molar-refractivity contribution in [1.29, 1.82) is 0 Å². The van der Waals surface area contributed by atoms with Gasteiger partial charge in [-0.3, -0.25) is 14.3 Å². The molecule has 1 N–H and O–H groups in total. The molecule has 0 radical (unpaired) electrons. The van der Waals surface area contributed by atoms with Crippen LogP contribution in [-0.4, -0.2) is 52.3 Å². The van der Waals surface area contributed by atoms with E-state index >= 15 is 0 Å². The summed E-state index contributed by atoms with van der Waals surface area (Å²) in [5.74, 6) is 0.279. The van der Waals surface area contributed by atoms with Gasteiger partial charge in [0.2, 0.25) is 11.8 Å². The summed E-state index contributed by atoms with van der Waals surface area (Å²) in [6.07, 6.45) is 5.93. The number of hydrogen-bond acceptors (Lipinski definition) is 4. The lowest BCUT2D eigenvalue weighted by Gasteiger charge is -2.38. The van der Waals surface area contributed by atoms with Crippen LogP contribution in [0.4, 0.5) is 0 Å². The van der Waals surface area contributed by atoms with E-state index in [1.54, 1.807) is 7.11 Å². The van der Waals surface area contributed by atoms with Gasteiger partial charge in [0.1, 0.15) is 0 Å². The molecular weight excluding hydrogens is 356 g/mol. The monoisotopic (exact) mass is 392 g/mol. The predicted molar refractivity (Wildman–Crippen MR) is 109 cm³/mol. The van der Waals surface area contributed by atoms with Crippen molar-refractivity contribution in [3.8, 4) is 0 Å². The van der Waals surface area contributed by atoms with Gasteiger partial charge in [0.25, 0.3) is 0 Å². The van der Waals surface area contributed by atoms with Crippen molar-refractivity contribution >= 4 is 11.8 Å². The molecule has 0 saturated carbocycles. The Bertz CT molecular complexity index is 661. The zero-order valence-electron chi connectivity index (χ0n) is 18.2. The summed E-state index contributed by atoms with van der Waals surface area (Å²) in [5.41, 5.74) is 0.712. The Morgan fingerprint density at radius 1 is 1.36 bits per heavy atom. The smallest absolute Gasteiger partial charge is 0.223 e. The van der Waals surface area contributed by atoms with E-state index in [9.17, 15) is 9.59 Å². The van der Waals surface area contributed by atoms with Gasteiger partial charge < -0.3 is 15.0 Å². The topological polar surface area (TPSA) is 76.5 Å². The average Bonchev–Trinajstić information content (AvgIpc) is 3.22. The van der Waals surface area contributed by atoms with Crippen LogP contribution in [0.3, 0.4) is 0 Å². The van der Waals surface area contributed by atoms with Gasteiger partial charge in [-0.05, 0) is 33.6 Å². The summed E-state index contributed by atoms with van der Waals surface area (Å²) in [6, 6.07) is -0.0919. The molecule has 2 rings (SSSR count). The SMILES string of the molecule is CCC(CC)C(=O)NC[C@@H]1CC(=O)N(C(C)(C)C)[C@H]1c1cnn(CCOC)c1. The van der Waals surface area contributed by atoms with Gasteiger partial charge in [0.05, 0.1) is 25.4 Å². The number of amides is 2. The maximum Gasteiger partial charge on any atom is 0.223 e. The number of carbonyl (C=O) groups is 2. The summed E-state index contributed by atoms with van der Waals surface area (Å²) in [6.45, 7) is 12.0. The Kier molecular flexibility index (Phi) is 7.63. The minimum Gasteiger partial charge on any atom is -0.383 e. The van der Waals surface area contributed by atoms with Crippen LogP contribution >= 0.6 is 0 Å². The lowest BCUT2D eigenvalue weighted by atomic mass is 9.93. The van der Waals surface area contributed by atoms with Gasteiger partial charge >= 0.3 is 0 Å². The highest BCUT2D eigenvalue weighted by atomic mass is 16.5. The third-order valence-electron chi connectivity index (χ3n) is 5.57. The first-order chi connectivity index (χ1) is 13.2. The van der Waals surface area contributed by atoms with E-state index < -0.39 is 0 Å². The second-order valence-corrected chi connectivity index (χ2v) is 8.63. The maximum absolute atomic E-state index is 12.9. The number of nitrogens with zero attached hydrogens (tertiary/aromatic N) is 3. The lowest BCUT2D eigenvalue weighted by molar-refractivity contribution is -0.133. The molecule has 28 heavy (non-hydrogen) atoms. The lowest BCUT2D eigenvalue weighted by Crippen LogP contribution is -2.45. The molecule has 7 nitrogen and oxygen atoms in total. The Morgan fingerprint density at radius 3 is 2.61 bits per heavy atom. The van der Waals surface area contributed by atoms with Crippen molar-refractivity contribution in [2.45, 2.75) is 72.0 Å². The quantitative estimate of drug-likeness (QED) is 0.701. The molecule has 0 aliphatic carbocycles. The molecule has 1 fully saturated rings. The molecule has 0 spiro atoms. The van der Waals surface area contributed by atoms with Gasteiger partial charge in [0, 0.05) is 49.2 Å². The standard InChI is InChI=1S/C21H36N4O3/c1-7-15(8-2)20(27)22-12-16-11-18(26)25(21(3,4)5)19(16)17-13-23-24(14-17)9-10-28-6/h13-16,19H,7-12H2,1-6H3,(H,22,27)/t16-,19+/m0/s1. The molecule has 2 atom stereocenters. The molecule has 0 aromatic carbocycles. The number of rotatable bonds is 9.